The van der Waals surface area contributed by atoms with Gasteiger partial charge in [0.05, 0.1) is 13.7 Å². The number of nitrogens with one attached hydrogen (secondary N) is 2. The van der Waals surface area contributed by atoms with Crippen molar-refractivity contribution in [3.63, 3.8) is 0 Å². The van der Waals surface area contributed by atoms with Crippen LogP contribution in [0.3, 0.4) is 0 Å². The zero-order valence-electron chi connectivity index (χ0n) is 14.7. The second kappa shape index (κ2) is 9.87. The van der Waals surface area contributed by atoms with E-state index in [1.165, 1.54) is 13.2 Å². The minimum atomic E-state index is -0.500. The Labute approximate surface area is 142 Å². The summed E-state index contributed by atoms with van der Waals surface area (Å²) in [5.41, 5.74) is 0.729. The molecule has 0 atom stereocenters. The molecule has 2 N–H and O–H groups in total. The quantitative estimate of drug-likeness (QED) is 0.761. The van der Waals surface area contributed by atoms with Crippen LogP contribution in [0.2, 0.25) is 0 Å². The average molecular weight is 339 g/mol. The molecule has 7 heteroatoms. The highest BCUT2D eigenvalue weighted by atomic mass is 19.1. The Bertz CT molecular complexity index is 564. The van der Waals surface area contributed by atoms with Crippen molar-refractivity contribution >= 4 is 11.9 Å². The predicted molar refractivity (Wildman–Crippen MR) is 90.3 cm³/mol. The number of benzene rings is 1. The van der Waals surface area contributed by atoms with Gasteiger partial charge < -0.3 is 10.1 Å². The summed E-state index contributed by atoms with van der Waals surface area (Å²) in [6, 6.07) is 4.19. The predicted octanol–water partition coefficient (Wildman–Crippen LogP) is 2.14. The minimum absolute atomic E-state index is 0.0548. The number of nitrogens with zero attached hydrogens (tertiary/aromatic N) is 1. The first-order valence-corrected chi connectivity index (χ1v) is 7.98. The van der Waals surface area contributed by atoms with Crippen molar-refractivity contribution in [2.45, 2.75) is 27.3 Å². The van der Waals surface area contributed by atoms with Gasteiger partial charge in [0, 0.05) is 13.1 Å². The van der Waals surface area contributed by atoms with Crippen molar-refractivity contribution in [1.82, 2.24) is 15.5 Å². The molecule has 24 heavy (non-hydrogen) atoms. The molecular weight excluding hydrogens is 313 g/mol. The van der Waals surface area contributed by atoms with Crippen LogP contribution in [0.5, 0.6) is 5.75 Å². The van der Waals surface area contributed by atoms with E-state index in [9.17, 15) is 14.0 Å². The number of imide groups is 1. The number of methoxy groups -OCH3 is 1. The molecule has 0 saturated carbocycles. The van der Waals surface area contributed by atoms with Crippen LogP contribution in [-0.4, -0.2) is 43.6 Å². The van der Waals surface area contributed by atoms with E-state index in [1.807, 2.05) is 25.7 Å². The number of amides is 3. The van der Waals surface area contributed by atoms with Crippen molar-refractivity contribution < 1.29 is 18.7 Å². The van der Waals surface area contributed by atoms with E-state index < -0.39 is 17.8 Å². The van der Waals surface area contributed by atoms with E-state index in [0.717, 1.165) is 5.56 Å². The number of rotatable bonds is 8. The molecule has 0 heterocycles. The highest BCUT2D eigenvalue weighted by molar-refractivity contribution is 5.95. The second-order valence-electron chi connectivity index (χ2n) is 5.92. The SMILES string of the molecule is CCN(CC(=O)NC(=O)NCC(C)C)Cc1ccc(OC)c(F)c1. The van der Waals surface area contributed by atoms with Crippen LogP contribution in [-0.2, 0) is 11.3 Å². The molecule has 1 aromatic rings. The maximum atomic E-state index is 13.7. The van der Waals surface area contributed by atoms with Crippen LogP contribution in [0.4, 0.5) is 9.18 Å². The number of urea groups is 1. The zero-order chi connectivity index (χ0) is 18.1. The van der Waals surface area contributed by atoms with E-state index in [2.05, 4.69) is 10.6 Å². The number of ether oxygens (including phenoxy) is 1. The minimum Gasteiger partial charge on any atom is -0.494 e. The highest BCUT2D eigenvalue weighted by Crippen LogP contribution is 2.18. The molecule has 0 spiro atoms. The topological polar surface area (TPSA) is 70.7 Å². The molecule has 0 unspecified atom stereocenters. The summed E-state index contributed by atoms with van der Waals surface area (Å²) >= 11 is 0. The lowest BCUT2D eigenvalue weighted by atomic mass is 10.2. The Hall–Kier alpha value is -2.15. The van der Waals surface area contributed by atoms with Gasteiger partial charge in [-0.15, -0.1) is 0 Å². The third-order valence-corrected chi connectivity index (χ3v) is 3.36. The summed E-state index contributed by atoms with van der Waals surface area (Å²) in [6.45, 7) is 7.38. The monoisotopic (exact) mass is 339 g/mol. The van der Waals surface area contributed by atoms with Gasteiger partial charge in [-0.05, 0) is 30.2 Å². The standard InChI is InChI=1S/C17H26FN3O3/c1-5-21(10-13-6-7-15(24-4)14(18)8-13)11-16(22)20-17(23)19-9-12(2)3/h6-8,12H,5,9-11H2,1-4H3,(H2,19,20,22,23). The van der Waals surface area contributed by atoms with Crippen LogP contribution >= 0.6 is 0 Å². The lowest BCUT2D eigenvalue weighted by molar-refractivity contribution is -0.121. The van der Waals surface area contributed by atoms with E-state index in [1.54, 1.807) is 12.1 Å². The first kappa shape index (κ1) is 19.9. The molecule has 0 aliphatic carbocycles. The molecule has 0 aromatic heterocycles. The maximum absolute atomic E-state index is 13.7. The molecule has 1 aromatic carbocycles. The van der Waals surface area contributed by atoms with Gasteiger partial charge in [-0.2, -0.15) is 0 Å². The molecule has 3 amide bonds. The van der Waals surface area contributed by atoms with Gasteiger partial charge in [0.25, 0.3) is 0 Å². The fourth-order valence-corrected chi connectivity index (χ4v) is 2.06. The van der Waals surface area contributed by atoms with Crippen molar-refractivity contribution in [2.75, 3.05) is 26.7 Å². The first-order chi connectivity index (χ1) is 11.3. The van der Waals surface area contributed by atoms with Gasteiger partial charge >= 0.3 is 6.03 Å². The van der Waals surface area contributed by atoms with Crippen LogP contribution in [0, 0.1) is 11.7 Å². The van der Waals surface area contributed by atoms with Gasteiger partial charge in [0.2, 0.25) is 5.91 Å². The highest BCUT2D eigenvalue weighted by Gasteiger charge is 2.13. The molecule has 1 rings (SSSR count). The Kier molecular flexibility index (Phi) is 8.18. The average Bonchev–Trinajstić information content (AvgIpc) is 2.52. The second-order valence-corrected chi connectivity index (χ2v) is 5.92. The van der Waals surface area contributed by atoms with E-state index in [-0.39, 0.29) is 12.3 Å². The molecule has 0 aliphatic rings. The number of hydrogen-bond donors (Lipinski definition) is 2. The van der Waals surface area contributed by atoms with Gasteiger partial charge in [0.1, 0.15) is 0 Å². The number of carbonyl (C=O) groups excluding carboxylic acids is 2. The maximum Gasteiger partial charge on any atom is 0.321 e. The Balaban J connectivity index is 2.53. The number of carbonyl (C=O) groups is 2. The number of hydrogen-bond acceptors (Lipinski definition) is 4. The first-order valence-electron chi connectivity index (χ1n) is 7.98. The molecule has 0 saturated heterocycles. The lowest BCUT2D eigenvalue weighted by Gasteiger charge is -2.20. The third kappa shape index (κ3) is 6.95. The number of halogens is 1. The molecule has 0 radical (unpaired) electrons. The summed E-state index contributed by atoms with van der Waals surface area (Å²) < 4.78 is 18.6. The fourth-order valence-electron chi connectivity index (χ4n) is 2.06. The smallest absolute Gasteiger partial charge is 0.321 e. The fraction of sp³-hybridized carbons (Fsp3) is 0.529. The largest absolute Gasteiger partial charge is 0.494 e. The van der Waals surface area contributed by atoms with Crippen molar-refractivity contribution in [2.24, 2.45) is 5.92 Å². The summed E-state index contributed by atoms with van der Waals surface area (Å²) in [4.78, 5) is 25.3. The van der Waals surface area contributed by atoms with Gasteiger partial charge in [0.15, 0.2) is 11.6 Å². The molecule has 0 fully saturated rings. The van der Waals surface area contributed by atoms with Crippen molar-refractivity contribution in [3.8, 4) is 5.75 Å². The Morgan fingerprint density at radius 2 is 2.04 bits per heavy atom. The van der Waals surface area contributed by atoms with Gasteiger partial charge in [-0.3, -0.25) is 15.0 Å². The molecule has 6 nitrogen and oxygen atoms in total. The summed E-state index contributed by atoms with van der Waals surface area (Å²) in [5, 5.41) is 4.91. The molecule has 0 bridgehead atoms. The van der Waals surface area contributed by atoms with Gasteiger partial charge in [-0.25, -0.2) is 9.18 Å². The molecule has 0 aliphatic heterocycles. The van der Waals surface area contributed by atoms with E-state index in [4.69, 9.17) is 4.74 Å². The Morgan fingerprint density at radius 3 is 2.58 bits per heavy atom. The summed E-state index contributed by atoms with van der Waals surface area (Å²) in [5.74, 6) is -0.347. The van der Waals surface area contributed by atoms with Crippen LogP contribution in [0.25, 0.3) is 0 Å². The van der Waals surface area contributed by atoms with E-state index in [0.29, 0.717) is 25.6 Å². The lowest BCUT2D eigenvalue weighted by Crippen LogP contribution is -2.45. The van der Waals surface area contributed by atoms with Crippen molar-refractivity contribution in [3.05, 3.63) is 29.6 Å². The summed E-state index contributed by atoms with van der Waals surface area (Å²) in [6.07, 6.45) is 0. The van der Waals surface area contributed by atoms with Crippen LogP contribution in [0.15, 0.2) is 18.2 Å². The number of likely N-dealkylation sites (N-methyl/N-ethyl adjacent to an activating group) is 1. The van der Waals surface area contributed by atoms with Crippen LogP contribution in [0.1, 0.15) is 26.3 Å². The molecule has 134 valence electrons. The Morgan fingerprint density at radius 1 is 1.33 bits per heavy atom. The van der Waals surface area contributed by atoms with Gasteiger partial charge in [-0.1, -0.05) is 26.8 Å². The normalized spacial score (nSPS) is 10.8. The van der Waals surface area contributed by atoms with Crippen molar-refractivity contribution in [1.29, 1.82) is 0 Å². The third-order valence-electron chi connectivity index (χ3n) is 3.36. The summed E-state index contributed by atoms with van der Waals surface area (Å²) in [7, 11) is 1.41. The molecular formula is C17H26FN3O3. The van der Waals surface area contributed by atoms with E-state index >= 15 is 0 Å². The zero-order valence-corrected chi connectivity index (χ0v) is 14.7. The van der Waals surface area contributed by atoms with Crippen LogP contribution < -0.4 is 15.4 Å².